The van der Waals surface area contributed by atoms with E-state index in [4.69, 9.17) is 5.14 Å². The highest BCUT2D eigenvalue weighted by molar-refractivity contribution is 8.01. The van der Waals surface area contributed by atoms with Crippen molar-refractivity contribution in [3.8, 4) is 0 Å². The van der Waals surface area contributed by atoms with Gasteiger partial charge in [-0.3, -0.25) is 4.79 Å². The molecule has 106 valence electrons. The van der Waals surface area contributed by atoms with Gasteiger partial charge in [-0.05, 0) is 18.2 Å². The third-order valence-electron chi connectivity index (χ3n) is 2.11. The Morgan fingerprint density at radius 1 is 1.45 bits per heavy atom. The number of nitrogens with one attached hydrogen (secondary N) is 1. The van der Waals surface area contributed by atoms with Crippen molar-refractivity contribution in [2.75, 3.05) is 11.1 Å². The summed E-state index contributed by atoms with van der Waals surface area (Å²) in [4.78, 5) is 11.7. The molecule has 0 radical (unpaired) electrons. The molecular weight excluding hydrogens is 320 g/mol. The predicted octanol–water partition coefficient (Wildman–Crippen LogP) is 0.916. The Morgan fingerprint density at radius 2 is 2.25 bits per heavy atom. The van der Waals surface area contributed by atoms with E-state index in [1.807, 2.05) is 0 Å². The van der Waals surface area contributed by atoms with E-state index >= 15 is 0 Å². The van der Waals surface area contributed by atoms with Gasteiger partial charge in [0.1, 0.15) is 5.51 Å². The van der Waals surface area contributed by atoms with Crippen LogP contribution in [-0.2, 0) is 14.8 Å². The van der Waals surface area contributed by atoms with Crippen LogP contribution in [0.25, 0.3) is 0 Å². The van der Waals surface area contributed by atoms with Crippen LogP contribution in [-0.4, -0.2) is 30.3 Å². The molecule has 0 saturated carbocycles. The van der Waals surface area contributed by atoms with E-state index in [-0.39, 0.29) is 16.6 Å². The van der Waals surface area contributed by atoms with Gasteiger partial charge in [-0.2, -0.15) is 0 Å². The molecule has 0 aliphatic carbocycles. The number of nitrogens with two attached hydrogens (primary N) is 1. The van der Waals surface area contributed by atoms with Crippen LogP contribution in [0.5, 0.6) is 0 Å². The van der Waals surface area contributed by atoms with E-state index in [1.54, 1.807) is 11.6 Å². The largest absolute Gasteiger partial charge is 0.325 e. The molecule has 1 aromatic carbocycles. The quantitative estimate of drug-likeness (QED) is 0.788. The molecule has 2 aromatic rings. The van der Waals surface area contributed by atoms with Crippen LogP contribution in [0, 0.1) is 0 Å². The first-order valence-corrected chi connectivity index (χ1v) is 8.68. The maximum atomic E-state index is 11.7. The maximum absolute atomic E-state index is 11.7. The molecule has 0 fully saturated rings. The first kappa shape index (κ1) is 14.9. The lowest BCUT2D eigenvalue weighted by Crippen LogP contribution is -2.16. The Labute approximate surface area is 123 Å². The van der Waals surface area contributed by atoms with Crippen molar-refractivity contribution in [3.63, 3.8) is 0 Å². The summed E-state index contributed by atoms with van der Waals surface area (Å²) in [5.74, 6) is -0.105. The standard InChI is InChI=1S/C10H10N4O3S3/c11-20(16,17)8-3-1-2-7(4-8)13-9(15)5-18-10-14-12-6-19-10/h1-4,6H,5H2,(H,13,15)(H2,11,16,17). The van der Waals surface area contributed by atoms with Crippen LogP contribution in [0.1, 0.15) is 0 Å². The molecule has 0 aliphatic rings. The number of carbonyl (C=O) groups excluding carboxylic acids is 1. The molecule has 1 amide bonds. The topological polar surface area (TPSA) is 115 Å². The van der Waals surface area contributed by atoms with Gasteiger partial charge in [0, 0.05) is 5.69 Å². The third-order valence-corrected chi connectivity index (χ3v) is 4.88. The fourth-order valence-corrected chi connectivity index (χ4v) is 3.15. The highest BCUT2D eigenvalue weighted by Gasteiger charge is 2.10. The normalized spacial score (nSPS) is 11.2. The lowest BCUT2D eigenvalue weighted by atomic mass is 10.3. The second-order valence-corrected chi connectivity index (χ2v) is 7.23. The molecule has 0 saturated heterocycles. The van der Waals surface area contributed by atoms with Crippen molar-refractivity contribution in [1.29, 1.82) is 0 Å². The maximum Gasteiger partial charge on any atom is 0.238 e. The predicted molar refractivity (Wildman–Crippen MR) is 77.1 cm³/mol. The van der Waals surface area contributed by atoms with Gasteiger partial charge in [0.25, 0.3) is 0 Å². The number of sulfonamides is 1. The smallest absolute Gasteiger partial charge is 0.238 e. The van der Waals surface area contributed by atoms with Gasteiger partial charge in [-0.15, -0.1) is 10.2 Å². The highest BCUT2D eigenvalue weighted by atomic mass is 32.2. The van der Waals surface area contributed by atoms with Crippen molar-refractivity contribution in [1.82, 2.24) is 10.2 Å². The van der Waals surface area contributed by atoms with Gasteiger partial charge in [-0.25, -0.2) is 13.6 Å². The summed E-state index contributed by atoms with van der Waals surface area (Å²) in [6.07, 6.45) is 0. The van der Waals surface area contributed by atoms with Gasteiger partial charge in [0.15, 0.2) is 4.34 Å². The first-order valence-electron chi connectivity index (χ1n) is 5.27. The zero-order chi connectivity index (χ0) is 14.6. The molecule has 0 atom stereocenters. The lowest BCUT2D eigenvalue weighted by molar-refractivity contribution is -0.113. The summed E-state index contributed by atoms with van der Waals surface area (Å²) in [7, 11) is -3.78. The number of primary sulfonamides is 1. The molecule has 0 unspecified atom stereocenters. The minimum atomic E-state index is -3.78. The molecule has 7 nitrogen and oxygen atoms in total. The van der Waals surface area contributed by atoms with Crippen LogP contribution in [0.2, 0.25) is 0 Å². The molecule has 0 spiro atoms. The fraction of sp³-hybridized carbons (Fsp3) is 0.100. The number of carbonyl (C=O) groups is 1. The van der Waals surface area contributed by atoms with Gasteiger partial charge >= 0.3 is 0 Å². The summed E-state index contributed by atoms with van der Waals surface area (Å²) in [5, 5.41) is 15.1. The third kappa shape index (κ3) is 4.27. The summed E-state index contributed by atoms with van der Waals surface area (Å²) >= 11 is 2.60. The molecule has 0 bridgehead atoms. The van der Waals surface area contributed by atoms with Crippen LogP contribution in [0.15, 0.2) is 39.0 Å². The number of rotatable bonds is 5. The minimum absolute atomic E-state index is 0.0490. The summed E-state index contributed by atoms with van der Waals surface area (Å²) in [6.45, 7) is 0. The minimum Gasteiger partial charge on any atom is -0.325 e. The molecule has 2 rings (SSSR count). The Kier molecular flexibility index (Phi) is 4.70. The molecule has 20 heavy (non-hydrogen) atoms. The average molecular weight is 330 g/mol. The van der Waals surface area contributed by atoms with Crippen molar-refractivity contribution in [2.24, 2.45) is 5.14 Å². The van der Waals surface area contributed by atoms with E-state index in [9.17, 15) is 13.2 Å². The monoisotopic (exact) mass is 330 g/mol. The molecule has 1 heterocycles. The van der Waals surface area contributed by atoms with Gasteiger partial charge in [-0.1, -0.05) is 29.2 Å². The second-order valence-electron chi connectivity index (χ2n) is 3.61. The lowest BCUT2D eigenvalue weighted by Gasteiger charge is -2.05. The van der Waals surface area contributed by atoms with Crippen LogP contribution >= 0.6 is 23.1 Å². The Hall–Kier alpha value is -1.49. The number of benzene rings is 1. The van der Waals surface area contributed by atoms with E-state index in [2.05, 4.69) is 15.5 Å². The molecular formula is C10H10N4O3S3. The average Bonchev–Trinajstić information content (AvgIpc) is 2.89. The summed E-state index contributed by atoms with van der Waals surface area (Å²) in [5.41, 5.74) is 1.95. The van der Waals surface area contributed by atoms with E-state index in [0.29, 0.717) is 10.0 Å². The van der Waals surface area contributed by atoms with Crippen molar-refractivity contribution in [2.45, 2.75) is 9.24 Å². The highest BCUT2D eigenvalue weighted by Crippen LogP contribution is 2.19. The Bertz CT molecular complexity index is 700. The number of thioether (sulfide) groups is 1. The van der Waals surface area contributed by atoms with Crippen LogP contribution in [0.4, 0.5) is 5.69 Å². The summed E-state index contributed by atoms with van der Waals surface area (Å²) in [6, 6.07) is 5.76. The van der Waals surface area contributed by atoms with E-state index in [0.717, 1.165) is 0 Å². The number of aromatic nitrogens is 2. The molecule has 1 aromatic heterocycles. The number of nitrogens with zero attached hydrogens (tertiary/aromatic N) is 2. The SMILES string of the molecule is NS(=O)(=O)c1cccc(NC(=O)CSc2nncs2)c1. The fourth-order valence-electron chi connectivity index (χ4n) is 1.30. The zero-order valence-corrected chi connectivity index (χ0v) is 12.5. The van der Waals surface area contributed by atoms with E-state index < -0.39 is 10.0 Å². The van der Waals surface area contributed by atoms with Crippen molar-refractivity contribution in [3.05, 3.63) is 29.8 Å². The molecule has 3 N–H and O–H groups in total. The zero-order valence-electron chi connectivity index (χ0n) is 10.0. The van der Waals surface area contributed by atoms with Gasteiger partial charge in [0.2, 0.25) is 15.9 Å². The molecule has 10 heteroatoms. The first-order chi connectivity index (χ1) is 9.45. The van der Waals surface area contributed by atoms with Gasteiger partial charge < -0.3 is 5.32 Å². The van der Waals surface area contributed by atoms with Crippen molar-refractivity contribution < 1.29 is 13.2 Å². The number of anilines is 1. The van der Waals surface area contributed by atoms with Crippen molar-refractivity contribution >= 4 is 44.7 Å². The number of hydrogen-bond donors (Lipinski definition) is 2. The van der Waals surface area contributed by atoms with Crippen LogP contribution < -0.4 is 10.5 Å². The van der Waals surface area contributed by atoms with Crippen LogP contribution in [0.3, 0.4) is 0 Å². The van der Waals surface area contributed by atoms with E-state index in [1.165, 1.54) is 41.3 Å². The number of amides is 1. The molecule has 0 aliphatic heterocycles. The Balaban J connectivity index is 1.97. The van der Waals surface area contributed by atoms with Gasteiger partial charge in [0.05, 0.1) is 10.6 Å². The number of hydrogen-bond acceptors (Lipinski definition) is 7. The second kappa shape index (κ2) is 6.31. The summed E-state index contributed by atoms with van der Waals surface area (Å²) < 4.78 is 23.1. The Morgan fingerprint density at radius 3 is 2.90 bits per heavy atom.